The Bertz CT molecular complexity index is 650. The van der Waals surface area contributed by atoms with Gasteiger partial charge >= 0.3 is 6.09 Å². The molecule has 23 heavy (non-hydrogen) atoms. The van der Waals surface area contributed by atoms with Crippen molar-refractivity contribution in [2.24, 2.45) is 0 Å². The third kappa shape index (κ3) is 5.86. The minimum absolute atomic E-state index is 0. The third-order valence-corrected chi connectivity index (χ3v) is 3.13. The van der Waals surface area contributed by atoms with Crippen molar-refractivity contribution in [1.29, 1.82) is 0 Å². The summed E-state index contributed by atoms with van der Waals surface area (Å²) in [5, 5.41) is 4.66. The zero-order valence-corrected chi connectivity index (χ0v) is 13.6. The zero-order chi connectivity index (χ0) is 15.9. The van der Waals surface area contributed by atoms with Gasteiger partial charge in [0.05, 0.1) is 12.7 Å². The number of nitrogens with two attached hydrogens (primary N) is 1. The van der Waals surface area contributed by atoms with Crippen molar-refractivity contribution >= 4 is 23.2 Å². The lowest BCUT2D eigenvalue weighted by Gasteiger charge is -2.07. The summed E-state index contributed by atoms with van der Waals surface area (Å²) < 4.78 is 17.7. The summed E-state index contributed by atoms with van der Waals surface area (Å²) in [4.78, 5) is 11.4. The van der Waals surface area contributed by atoms with Crippen molar-refractivity contribution in [3.63, 3.8) is 0 Å². The van der Waals surface area contributed by atoms with Gasteiger partial charge in [-0.15, -0.1) is 0 Å². The second-order valence-corrected chi connectivity index (χ2v) is 4.80. The normalized spacial score (nSPS) is 9.87. The molecule has 0 unspecified atom stereocenters. The van der Waals surface area contributed by atoms with Gasteiger partial charge < -0.3 is 28.2 Å². The molecule has 0 saturated heterocycles. The van der Waals surface area contributed by atoms with Crippen LogP contribution < -0.4 is 28.8 Å². The van der Waals surface area contributed by atoms with Crippen LogP contribution in [-0.4, -0.2) is 12.7 Å². The average Bonchev–Trinajstić information content (AvgIpc) is 2.49. The van der Waals surface area contributed by atoms with Crippen LogP contribution in [0.1, 0.15) is 12.5 Å². The number of hydrogen-bond acceptors (Lipinski definition) is 2. The SMILES string of the molecule is CCOC(=O)Nc1ccc([NH2+]Cc2ccc(F)cc2)cc1[NH3+].[Cl-]. The number of hydrogen-bond donors (Lipinski definition) is 3. The van der Waals surface area contributed by atoms with E-state index in [0.717, 1.165) is 11.3 Å². The Morgan fingerprint density at radius 2 is 1.96 bits per heavy atom. The summed E-state index contributed by atoms with van der Waals surface area (Å²) in [5.41, 5.74) is 7.27. The van der Waals surface area contributed by atoms with Crippen LogP contribution in [0.3, 0.4) is 0 Å². The highest BCUT2D eigenvalue weighted by Gasteiger charge is 2.10. The fraction of sp³-hybridized carbons (Fsp3) is 0.188. The van der Waals surface area contributed by atoms with Gasteiger partial charge in [0.2, 0.25) is 0 Å². The van der Waals surface area contributed by atoms with Gasteiger partial charge in [-0.3, -0.25) is 5.32 Å². The fourth-order valence-corrected chi connectivity index (χ4v) is 2.00. The average molecular weight is 341 g/mol. The molecule has 0 aliphatic heterocycles. The molecule has 0 atom stereocenters. The molecule has 5 nitrogen and oxygen atoms in total. The molecule has 0 aliphatic carbocycles. The van der Waals surface area contributed by atoms with Crippen LogP contribution in [0.5, 0.6) is 0 Å². The first-order valence-electron chi connectivity index (χ1n) is 7.06. The van der Waals surface area contributed by atoms with Gasteiger partial charge in [0.1, 0.15) is 23.7 Å². The summed E-state index contributed by atoms with van der Waals surface area (Å²) in [6.07, 6.45) is -0.490. The van der Waals surface area contributed by atoms with Crippen LogP contribution in [0.4, 0.5) is 26.2 Å². The Balaban J connectivity index is 0.00000264. The number of halogens is 2. The first kappa shape index (κ1) is 18.9. The van der Waals surface area contributed by atoms with E-state index in [2.05, 4.69) is 11.1 Å². The van der Waals surface area contributed by atoms with Gasteiger partial charge in [0, 0.05) is 11.6 Å². The Morgan fingerprint density at radius 3 is 2.57 bits per heavy atom. The van der Waals surface area contributed by atoms with Crippen LogP contribution in [0, 0.1) is 5.82 Å². The lowest BCUT2D eigenvalue weighted by atomic mass is 10.2. The molecule has 2 aromatic carbocycles. The molecule has 2 aromatic rings. The van der Waals surface area contributed by atoms with Gasteiger partial charge in [-0.2, -0.15) is 0 Å². The molecule has 2 rings (SSSR count). The Kier molecular flexibility index (Phi) is 7.47. The van der Waals surface area contributed by atoms with Gasteiger partial charge in [-0.25, -0.2) is 9.18 Å². The fourth-order valence-electron chi connectivity index (χ4n) is 2.00. The van der Waals surface area contributed by atoms with Crippen LogP contribution in [0.15, 0.2) is 42.5 Å². The van der Waals surface area contributed by atoms with Crippen molar-refractivity contribution < 1.29 is 37.4 Å². The quantitative estimate of drug-likeness (QED) is 0.589. The second-order valence-electron chi connectivity index (χ2n) is 4.80. The lowest BCUT2D eigenvalue weighted by Crippen LogP contribution is -3.00. The Morgan fingerprint density at radius 1 is 1.26 bits per heavy atom. The summed E-state index contributed by atoms with van der Waals surface area (Å²) >= 11 is 0. The monoisotopic (exact) mass is 340 g/mol. The first-order chi connectivity index (χ1) is 10.6. The van der Waals surface area contributed by atoms with Crippen LogP contribution >= 0.6 is 0 Å². The summed E-state index contributed by atoms with van der Waals surface area (Å²) in [7, 11) is 0. The maximum atomic E-state index is 12.8. The van der Waals surface area contributed by atoms with Crippen molar-refractivity contribution in [1.82, 2.24) is 0 Å². The molecule has 124 valence electrons. The van der Waals surface area contributed by atoms with E-state index in [1.807, 2.05) is 17.4 Å². The summed E-state index contributed by atoms with van der Waals surface area (Å²) in [5.74, 6) is -0.238. The van der Waals surface area contributed by atoms with E-state index < -0.39 is 6.09 Å². The number of quaternary nitrogens is 2. The van der Waals surface area contributed by atoms with E-state index in [1.165, 1.54) is 12.1 Å². The number of carbonyl (C=O) groups is 1. The number of benzene rings is 2. The predicted octanol–water partition coefficient (Wildman–Crippen LogP) is -1.33. The first-order valence-corrected chi connectivity index (χ1v) is 7.06. The number of amides is 1. The highest BCUT2D eigenvalue weighted by molar-refractivity contribution is 5.88. The molecule has 0 saturated carbocycles. The van der Waals surface area contributed by atoms with Crippen LogP contribution in [0.2, 0.25) is 0 Å². The maximum absolute atomic E-state index is 12.8. The molecule has 0 bridgehead atoms. The molecule has 0 heterocycles. The smallest absolute Gasteiger partial charge is 0.411 e. The Labute approximate surface area is 140 Å². The highest BCUT2D eigenvalue weighted by atomic mass is 35.5. The van der Waals surface area contributed by atoms with E-state index >= 15 is 0 Å². The van der Waals surface area contributed by atoms with E-state index in [4.69, 9.17) is 4.74 Å². The van der Waals surface area contributed by atoms with E-state index in [1.54, 1.807) is 25.1 Å². The molecule has 0 aliphatic rings. The molecule has 7 heteroatoms. The number of carbonyl (C=O) groups excluding carboxylic acids is 1. The highest BCUT2D eigenvalue weighted by Crippen LogP contribution is 2.19. The van der Waals surface area contributed by atoms with Gasteiger partial charge in [-0.1, -0.05) is 12.1 Å². The standard InChI is InChI=1S/C16H18FN3O2.ClH/c1-2-22-16(21)20-15-8-7-13(9-14(15)18)19-10-11-3-5-12(17)6-4-11;/h3-9,19H,2,10,18H2,1H3,(H,20,21);1H/p+1. The van der Waals surface area contributed by atoms with Crippen molar-refractivity contribution in [2.45, 2.75) is 13.5 Å². The van der Waals surface area contributed by atoms with Gasteiger partial charge in [0.25, 0.3) is 0 Å². The summed E-state index contributed by atoms with van der Waals surface area (Å²) in [6, 6.07) is 12.0. The van der Waals surface area contributed by atoms with Crippen molar-refractivity contribution in [3.8, 4) is 0 Å². The van der Waals surface area contributed by atoms with E-state index in [9.17, 15) is 9.18 Å². The largest absolute Gasteiger partial charge is 1.00 e. The Hall–Kier alpha value is -2.15. The maximum Gasteiger partial charge on any atom is 0.411 e. The number of anilines is 1. The molecule has 1 amide bonds. The summed E-state index contributed by atoms with van der Waals surface area (Å²) in [6.45, 7) is 2.77. The van der Waals surface area contributed by atoms with Gasteiger partial charge in [-0.05, 0) is 25.1 Å². The number of ether oxygens (including phenoxy) is 1. The lowest BCUT2D eigenvalue weighted by molar-refractivity contribution is -0.588. The zero-order valence-electron chi connectivity index (χ0n) is 12.8. The van der Waals surface area contributed by atoms with Crippen molar-refractivity contribution in [2.75, 3.05) is 11.9 Å². The molecule has 0 spiro atoms. The minimum atomic E-state index is -0.490. The molecular weight excluding hydrogens is 321 g/mol. The molecule has 0 fully saturated rings. The second kappa shape index (κ2) is 9.09. The van der Waals surface area contributed by atoms with Crippen LogP contribution in [0.25, 0.3) is 0 Å². The minimum Gasteiger partial charge on any atom is -1.00 e. The topological polar surface area (TPSA) is 82.6 Å². The predicted molar refractivity (Wildman–Crippen MR) is 81.3 cm³/mol. The molecule has 0 aromatic heterocycles. The third-order valence-electron chi connectivity index (χ3n) is 3.13. The molecular formula is C16H20ClFN3O2+. The van der Waals surface area contributed by atoms with Crippen LogP contribution in [-0.2, 0) is 11.3 Å². The number of nitrogens with one attached hydrogen (secondary N) is 1. The number of rotatable bonds is 5. The molecule has 6 N–H and O–H groups in total. The van der Waals surface area contributed by atoms with E-state index in [-0.39, 0.29) is 18.2 Å². The van der Waals surface area contributed by atoms with Crippen molar-refractivity contribution in [3.05, 3.63) is 53.8 Å². The van der Waals surface area contributed by atoms with E-state index in [0.29, 0.717) is 24.5 Å². The van der Waals surface area contributed by atoms with Gasteiger partial charge in [0.15, 0.2) is 5.69 Å². The molecule has 0 radical (unpaired) electrons.